The van der Waals surface area contributed by atoms with Crippen LogP contribution >= 0.6 is 11.8 Å². The molecule has 33 heavy (non-hydrogen) atoms. The Hall–Kier alpha value is -3.57. The van der Waals surface area contributed by atoms with Crippen LogP contribution in [0.3, 0.4) is 0 Å². The van der Waals surface area contributed by atoms with Crippen molar-refractivity contribution < 1.29 is 9.59 Å². The first-order valence-electron chi connectivity index (χ1n) is 10.9. The number of nitrogens with one attached hydrogen (secondary N) is 1. The van der Waals surface area contributed by atoms with Crippen LogP contribution in [0.1, 0.15) is 32.4 Å². The topological polar surface area (TPSA) is 49.4 Å². The number of fused-ring (bicyclic) bond motifs is 1. The summed E-state index contributed by atoms with van der Waals surface area (Å²) in [6, 6.07) is 27.6. The molecule has 4 aromatic rings. The van der Waals surface area contributed by atoms with Gasteiger partial charge in [0.2, 0.25) is 5.91 Å². The first-order valence-corrected chi connectivity index (χ1v) is 12.0. The molecular weight excluding hydrogens is 428 g/mol. The second-order valence-corrected chi connectivity index (χ2v) is 9.45. The third-order valence-electron chi connectivity index (χ3n) is 5.82. The third kappa shape index (κ3) is 4.24. The van der Waals surface area contributed by atoms with Gasteiger partial charge in [-0.1, -0.05) is 54.6 Å². The maximum Gasteiger partial charge on any atom is 0.256 e. The minimum absolute atomic E-state index is 0.0974. The molecule has 0 aromatic heterocycles. The van der Waals surface area contributed by atoms with E-state index in [1.54, 1.807) is 11.8 Å². The van der Waals surface area contributed by atoms with Gasteiger partial charge < -0.3 is 5.32 Å². The zero-order chi connectivity index (χ0) is 22.9. The van der Waals surface area contributed by atoms with Gasteiger partial charge in [-0.2, -0.15) is 0 Å². The van der Waals surface area contributed by atoms with E-state index in [-0.39, 0.29) is 17.2 Å². The lowest BCUT2D eigenvalue weighted by atomic mass is 10.0. The number of amides is 2. The second kappa shape index (κ2) is 8.75. The Morgan fingerprint density at radius 1 is 0.909 bits per heavy atom. The molecule has 4 aromatic carbocycles. The molecule has 1 atom stereocenters. The molecule has 1 aliphatic heterocycles. The van der Waals surface area contributed by atoms with Crippen molar-refractivity contribution in [2.24, 2.45) is 0 Å². The number of carbonyl (C=O) groups excluding carboxylic acids is 2. The maximum atomic E-state index is 13.1. The van der Waals surface area contributed by atoms with Crippen LogP contribution in [0.4, 0.5) is 11.4 Å². The van der Waals surface area contributed by atoms with E-state index < -0.39 is 0 Å². The monoisotopic (exact) mass is 452 g/mol. The number of carbonyl (C=O) groups is 2. The Labute approximate surface area is 197 Å². The van der Waals surface area contributed by atoms with Crippen molar-refractivity contribution in [2.45, 2.75) is 19.2 Å². The molecular formula is C28H24N2O2S. The summed E-state index contributed by atoms with van der Waals surface area (Å²) in [5.41, 5.74) is 5.51. The largest absolute Gasteiger partial charge is 0.322 e. The fraction of sp³-hybridized carbons (Fsp3) is 0.143. The van der Waals surface area contributed by atoms with Gasteiger partial charge in [-0.05, 0) is 71.6 Å². The minimum atomic E-state index is -0.148. The van der Waals surface area contributed by atoms with Crippen LogP contribution in [-0.2, 0) is 4.79 Å². The summed E-state index contributed by atoms with van der Waals surface area (Å²) in [5, 5.41) is 4.87. The molecule has 2 amide bonds. The Kier molecular flexibility index (Phi) is 5.65. The third-order valence-corrected chi connectivity index (χ3v) is 7.03. The molecule has 1 fully saturated rings. The number of anilines is 2. The van der Waals surface area contributed by atoms with E-state index >= 15 is 0 Å². The standard InChI is InChI=1S/C28H24N2O2S/c1-18-13-19(2)15-23(14-18)30-26(31)17-33-28(30)21-9-5-10-22(16-21)29-27(32)25-12-6-8-20-7-3-4-11-24(20)25/h3-16,28H,17H2,1-2H3,(H,29,32). The van der Waals surface area contributed by atoms with Gasteiger partial charge in [0.05, 0.1) is 5.75 Å². The highest BCUT2D eigenvalue weighted by Crippen LogP contribution is 2.42. The normalized spacial score (nSPS) is 15.8. The fourth-order valence-electron chi connectivity index (χ4n) is 4.43. The van der Waals surface area contributed by atoms with Crippen molar-refractivity contribution in [2.75, 3.05) is 16.0 Å². The number of benzene rings is 4. The van der Waals surface area contributed by atoms with Gasteiger partial charge in [0.15, 0.2) is 0 Å². The number of hydrogen-bond donors (Lipinski definition) is 1. The summed E-state index contributed by atoms with van der Waals surface area (Å²) in [4.78, 5) is 27.8. The predicted octanol–water partition coefficient (Wildman–Crippen LogP) is 6.49. The highest BCUT2D eigenvalue weighted by Gasteiger charge is 2.34. The van der Waals surface area contributed by atoms with Gasteiger partial charge in [0, 0.05) is 16.9 Å². The molecule has 0 saturated carbocycles. The highest BCUT2D eigenvalue weighted by atomic mass is 32.2. The van der Waals surface area contributed by atoms with Crippen molar-refractivity contribution in [1.29, 1.82) is 0 Å². The summed E-state index contributed by atoms with van der Waals surface area (Å²) in [7, 11) is 0. The zero-order valence-electron chi connectivity index (χ0n) is 18.5. The van der Waals surface area contributed by atoms with Crippen LogP contribution in [-0.4, -0.2) is 17.6 Å². The van der Waals surface area contributed by atoms with Crippen LogP contribution in [0.2, 0.25) is 0 Å². The lowest BCUT2D eigenvalue weighted by Gasteiger charge is -2.25. The average molecular weight is 453 g/mol. The summed E-state index contributed by atoms with van der Waals surface area (Å²) in [6.07, 6.45) is 0. The van der Waals surface area contributed by atoms with Crippen molar-refractivity contribution in [3.05, 3.63) is 107 Å². The highest BCUT2D eigenvalue weighted by molar-refractivity contribution is 8.00. The molecule has 5 heteroatoms. The maximum absolute atomic E-state index is 13.1. The van der Waals surface area contributed by atoms with Gasteiger partial charge in [-0.3, -0.25) is 14.5 Å². The molecule has 4 nitrogen and oxygen atoms in total. The van der Waals surface area contributed by atoms with E-state index in [2.05, 4.69) is 23.5 Å². The van der Waals surface area contributed by atoms with Crippen LogP contribution < -0.4 is 10.2 Å². The van der Waals surface area contributed by atoms with Gasteiger partial charge in [0.25, 0.3) is 5.91 Å². The molecule has 0 aliphatic carbocycles. The SMILES string of the molecule is Cc1cc(C)cc(N2C(=O)CSC2c2cccc(NC(=O)c3cccc4ccccc34)c2)c1. The fourth-order valence-corrected chi connectivity index (χ4v) is 5.60. The molecule has 0 spiro atoms. The number of thioether (sulfide) groups is 1. The molecule has 1 aliphatic rings. The van der Waals surface area contributed by atoms with E-state index in [1.807, 2.05) is 85.5 Å². The molecule has 1 heterocycles. The summed E-state index contributed by atoms with van der Waals surface area (Å²) in [6.45, 7) is 4.09. The number of hydrogen-bond acceptors (Lipinski definition) is 3. The van der Waals surface area contributed by atoms with Crippen LogP contribution in [0.25, 0.3) is 10.8 Å². The molecule has 0 radical (unpaired) electrons. The molecule has 1 unspecified atom stereocenters. The van der Waals surface area contributed by atoms with E-state index in [0.717, 1.165) is 33.2 Å². The molecule has 0 bridgehead atoms. The lowest BCUT2D eigenvalue weighted by molar-refractivity contribution is -0.115. The minimum Gasteiger partial charge on any atom is -0.322 e. The summed E-state index contributed by atoms with van der Waals surface area (Å²) >= 11 is 1.61. The molecule has 1 saturated heterocycles. The second-order valence-electron chi connectivity index (χ2n) is 8.38. The van der Waals surface area contributed by atoms with E-state index in [0.29, 0.717) is 17.0 Å². The van der Waals surface area contributed by atoms with Gasteiger partial charge in [-0.15, -0.1) is 11.8 Å². The average Bonchev–Trinajstić information content (AvgIpc) is 3.19. The van der Waals surface area contributed by atoms with Gasteiger partial charge in [-0.25, -0.2) is 0 Å². The van der Waals surface area contributed by atoms with Crippen LogP contribution in [0, 0.1) is 13.8 Å². The smallest absolute Gasteiger partial charge is 0.256 e. The first-order chi connectivity index (χ1) is 16.0. The van der Waals surface area contributed by atoms with Crippen LogP contribution in [0.5, 0.6) is 0 Å². The molecule has 1 N–H and O–H groups in total. The van der Waals surface area contributed by atoms with E-state index in [1.165, 1.54) is 0 Å². The van der Waals surface area contributed by atoms with Gasteiger partial charge in [0.1, 0.15) is 5.37 Å². The Morgan fingerprint density at radius 3 is 2.45 bits per heavy atom. The first kappa shape index (κ1) is 21.3. The predicted molar refractivity (Wildman–Crippen MR) is 137 cm³/mol. The Balaban J connectivity index is 1.44. The summed E-state index contributed by atoms with van der Waals surface area (Å²) in [5.74, 6) is 0.384. The molecule has 164 valence electrons. The van der Waals surface area contributed by atoms with E-state index in [9.17, 15) is 9.59 Å². The Bertz CT molecular complexity index is 1360. The summed E-state index contributed by atoms with van der Waals surface area (Å²) < 4.78 is 0. The van der Waals surface area contributed by atoms with E-state index in [4.69, 9.17) is 0 Å². The van der Waals surface area contributed by atoms with Crippen LogP contribution in [0.15, 0.2) is 84.9 Å². The number of aryl methyl sites for hydroxylation is 2. The number of rotatable bonds is 4. The lowest BCUT2D eigenvalue weighted by Crippen LogP contribution is -2.28. The quantitative estimate of drug-likeness (QED) is 0.385. The number of nitrogens with zero attached hydrogens (tertiary/aromatic N) is 1. The van der Waals surface area contributed by atoms with Crippen molar-refractivity contribution in [3.63, 3.8) is 0 Å². The van der Waals surface area contributed by atoms with Crippen molar-refractivity contribution in [3.8, 4) is 0 Å². The van der Waals surface area contributed by atoms with Crippen molar-refractivity contribution >= 4 is 45.7 Å². The van der Waals surface area contributed by atoms with Crippen molar-refractivity contribution in [1.82, 2.24) is 0 Å². The Morgan fingerprint density at radius 2 is 1.64 bits per heavy atom. The molecule has 5 rings (SSSR count). The zero-order valence-corrected chi connectivity index (χ0v) is 19.4. The van der Waals surface area contributed by atoms with Gasteiger partial charge >= 0.3 is 0 Å².